The average molecular weight is 319 g/mol. The minimum absolute atomic E-state index is 0.126. The van der Waals surface area contributed by atoms with Gasteiger partial charge in [-0.3, -0.25) is 4.79 Å². The number of benzene rings is 1. The van der Waals surface area contributed by atoms with Gasteiger partial charge in [-0.2, -0.15) is 18.3 Å². The van der Waals surface area contributed by atoms with Crippen LogP contribution < -0.4 is 0 Å². The monoisotopic (exact) mass is 318 g/mol. The lowest BCUT2D eigenvalue weighted by Crippen LogP contribution is -2.11. The Kier molecular flexibility index (Phi) is 3.25. The average Bonchev–Trinajstić information content (AvgIpc) is 2.76. The van der Waals surface area contributed by atoms with Crippen LogP contribution in [0, 0.1) is 0 Å². The number of alkyl halides is 3. The maximum absolute atomic E-state index is 12.9. The molecule has 0 unspecified atom stereocenters. The van der Waals surface area contributed by atoms with Gasteiger partial charge in [0.05, 0.1) is 23.0 Å². The number of aldehydes is 1. The Morgan fingerprint density at radius 1 is 1.33 bits per heavy atom. The van der Waals surface area contributed by atoms with Crippen LogP contribution >= 0.6 is 15.9 Å². The number of aromatic nitrogens is 2. The summed E-state index contributed by atoms with van der Waals surface area (Å²) in [5, 5.41) is 3.73. The van der Waals surface area contributed by atoms with Gasteiger partial charge in [0.25, 0.3) is 0 Å². The molecule has 0 atom stereocenters. The first-order valence-electron chi connectivity index (χ1n) is 4.79. The van der Waals surface area contributed by atoms with Crippen LogP contribution in [0.3, 0.4) is 0 Å². The third-order valence-corrected chi connectivity index (χ3v) is 2.74. The van der Waals surface area contributed by atoms with E-state index in [1.54, 1.807) is 0 Å². The molecule has 18 heavy (non-hydrogen) atoms. The summed E-state index contributed by atoms with van der Waals surface area (Å²) < 4.78 is 40.0. The predicted octanol–water partition coefficient (Wildman–Crippen LogP) is 3.47. The van der Waals surface area contributed by atoms with Gasteiger partial charge in [-0.25, -0.2) is 4.68 Å². The van der Waals surface area contributed by atoms with E-state index in [2.05, 4.69) is 21.0 Å². The molecule has 0 N–H and O–H groups in total. The third kappa shape index (κ3) is 2.45. The first kappa shape index (κ1) is 12.8. The minimum atomic E-state index is -4.49. The molecule has 3 nitrogen and oxygen atoms in total. The highest BCUT2D eigenvalue weighted by Gasteiger charge is 2.34. The molecule has 1 heterocycles. The summed E-state index contributed by atoms with van der Waals surface area (Å²) in [5.74, 6) is 0. The maximum Gasteiger partial charge on any atom is 0.418 e. The summed E-state index contributed by atoms with van der Waals surface area (Å²) in [6.45, 7) is 0. The highest BCUT2D eigenvalue weighted by Crippen LogP contribution is 2.35. The molecule has 0 amide bonds. The minimum Gasteiger partial charge on any atom is -0.298 e. The van der Waals surface area contributed by atoms with E-state index >= 15 is 0 Å². The molecular formula is C11H6BrF3N2O. The molecule has 0 fully saturated rings. The molecule has 2 rings (SSSR count). The fourth-order valence-corrected chi connectivity index (χ4v) is 1.83. The quantitative estimate of drug-likeness (QED) is 0.795. The van der Waals surface area contributed by atoms with Gasteiger partial charge in [0.15, 0.2) is 6.29 Å². The first-order chi connectivity index (χ1) is 8.41. The second-order valence-electron chi connectivity index (χ2n) is 3.50. The zero-order valence-corrected chi connectivity index (χ0v) is 10.4. The lowest BCUT2D eigenvalue weighted by Gasteiger charge is -2.13. The number of hydrogen-bond donors (Lipinski definition) is 0. The van der Waals surface area contributed by atoms with E-state index in [1.807, 2.05) is 0 Å². The van der Waals surface area contributed by atoms with Crippen molar-refractivity contribution in [2.24, 2.45) is 0 Å². The van der Waals surface area contributed by atoms with Crippen molar-refractivity contribution < 1.29 is 18.0 Å². The summed E-state index contributed by atoms with van der Waals surface area (Å²) in [7, 11) is 0. The number of nitrogens with zero attached hydrogens (tertiary/aromatic N) is 2. The molecule has 94 valence electrons. The number of carbonyl (C=O) groups is 1. The summed E-state index contributed by atoms with van der Waals surface area (Å²) in [5.41, 5.74) is -0.734. The lowest BCUT2D eigenvalue weighted by atomic mass is 10.1. The highest BCUT2D eigenvalue weighted by molar-refractivity contribution is 9.10. The summed E-state index contributed by atoms with van der Waals surface area (Å²) >= 11 is 2.99. The predicted molar refractivity (Wildman–Crippen MR) is 61.7 cm³/mol. The molecule has 7 heteroatoms. The van der Waals surface area contributed by atoms with Crippen molar-refractivity contribution in [2.75, 3.05) is 0 Å². The van der Waals surface area contributed by atoms with E-state index in [0.717, 1.165) is 10.7 Å². The van der Waals surface area contributed by atoms with E-state index < -0.39 is 11.7 Å². The molecule has 2 aromatic rings. The van der Waals surface area contributed by atoms with Gasteiger partial charge in [-0.1, -0.05) is 15.9 Å². The van der Waals surface area contributed by atoms with Crippen LogP contribution in [0.2, 0.25) is 0 Å². The van der Waals surface area contributed by atoms with Crippen LogP contribution in [0.5, 0.6) is 0 Å². The maximum atomic E-state index is 12.9. The van der Waals surface area contributed by atoms with Crippen LogP contribution in [0.25, 0.3) is 5.69 Å². The lowest BCUT2D eigenvalue weighted by molar-refractivity contribution is -0.137. The zero-order chi connectivity index (χ0) is 13.3. The van der Waals surface area contributed by atoms with Gasteiger partial charge in [-0.05, 0) is 18.2 Å². The second kappa shape index (κ2) is 4.56. The Morgan fingerprint density at radius 3 is 2.61 bits per heavy atom. The van der Waals surface area contributed by atoms with Gasteiger partial charge in [-0.15, -0.1) is 0 Å². The first-order valence-corrected chi connectivity index (χ1v) is 5.58. The Labute approximate surface area is 108 Å². The molecule has 1 aromatic carbocycles. The summed E-state index contributed by atoms with van der Waals surface area (Å²) in [6, 6.07) is 3.74. The second-order valence-corrected chi connectivity index (χ2v) is 4.41. The third-order valence-electron chi connectivity index (χ3n) is 2.25. The van der Waals surface area contributed by atoms with Gasteiger partial charge in [0.1, 0.15) is 0 Å². The molecule has 0 aliphatic rings. The molecule has 0 spiro atoms. The smallest absolute Gasteiger partial charge is 0.298 e. The van der Waals surface area contributed by atoms with Crippen molar-refractivity contribution in [3.63, 3.8) is 0 Å². The Hall–Kier alpha value is -1.63. The topological polar surface area (TPSA) is 34.9 Å². The van der Waals surface area contributed by atoms with Gasteiger partial charge < -0.3 is 0 Å². The number of halogens is 4. The van der Waals surface area contributed by atoms with Crippen molar-refractivity contribution in [3.05, 3.63) is 46.2 Å². The van der Waals surface area contributed by atoms with E-state index in [-0.39, 0.29) is 11.3 Å². The number of carbonyl (C=O) groups excluding carboxylic acids is 1. The van der Waals surface area contributed by atoms with Crippen LogP contribution in [0.1, 0.15) is 15.9 Å². The Bertz CT molecular complexity index is 592. The van der Waals surface area contributed by atoms with Crippen LogP contribution in [-0.2, 0) is 6.18 Å². The molecule has 0 radical (unpaired) electrons. The van der Waals surface area contributed by atoms with Gasteiger partial charge >= 0.3 is 6.18 Å². The molecule has 0 aliphatic heterocycles. The van der Waals surface area contributed by atoms with E-state index in [9.17, 15) is 18.0 Å². The van der Waals surface area contributed by atoms with E-state index in [4.69, 9.17) is 0 Å². The van der Waals surface area contributed by atoms with E-state index in [1.165, 1.54) is 24.5 Å². The van der Waals surface area contributed by atoms with Crippen LogP contribution in [0.15, 0.2) is 35.1 Å². The molecule has 0 bridgehead atoms. The fraction of sp³-hybridized carbons (Fsp3) is 0.0909. The number of hydrogen-bond acceptors (Lipinski definition) is 2. The van der Waals surface area contributed by atoms with Crippen molar-refractivity contribution in [1.82, 2.24) is 9.78 Å². The summed E-state index contributed by atoms with van der Waals surface area (Å²) in [6.07, 6.45) is -1.53. The van der Waals surface area contributed by atoms with Gasteiger partial charge in [0, 0.05) is 10.7 Å². The SMILES string of the molecule is O=Cc1cnn(-c2ccc(Br)cc2C(F)(F)F)c1. The molecular weight excluding hydrogens is 313 g/mol. The van der Waals surface area contributed by atoms with Crippen molar-refractivity contribution >= 4 is 22.2 Å². The van der Waals surface area contributed by atoms with Crippen molar-refractivity contribution in [3.8, 4) is 5.69 Å². The molecule has 0 aliphatic carbocycles. The zero-order valence-electron chi connectivity index (χ0n) is 8.78. The highest BCUT2D eigenvalue weighted by atomic mass is 79.9. The van der Waals surface area contributed by atoms with Gasteiger partial charge in [0.2, 0.25) is 0 Å². The molecule has 1 aromatic heterocycles. The number of rotatable bonds is 2. The van der Waals surface area contributed by atoms with Crippen molar-refractivity contribution in [2.45, 2.75) is 6.18 Å². The molecule has 0 saturated heterocycles. The van der Waals surface area contributed by atoms with Crippen LogP contribution in [0.4, 0.5) is 13.2 Å². The molecule has 0 saturated carbocycles. The normalized spacial score (nSPS) is 11.6. The van der Waals surface area contributed by atoms with E-state index in [0.29, 0.717) is 10.8 Å². The Morgan fingerprint density at radius 2 is 2.06 bits per heavy atom. The fourth-order valence-electron chi connectivity index (χ4n) is 1.46. The standard InChI is InChI=1S/C11H6BrF3N2O/c12-8-1-2-10(9(3-8)11(13,14)15)17-5-7(6-18)4-16-17/h1-6H. The Balaban J connectivity index is 2.60. The van der Waals surface area contributed by atoms with Crippen LogP contribution in [-0.4, -0.2) is 16.1 Å². The largest absolute Gasteiger partial charge is 0.418 e. The summed E-state index contributed by atoms with van der Waals surface area (Å²) in [4.78, 5) is 10.5. The van der Waals surface area contributed by atoms with Crippen molar-refractivity contribution in [1.29, 1.82) is 0 Å².